The molecule has 1 fully saturated rings. The minimum absolute atomic E-state index is 0.200. The number of benzene rings is 2. The van der Waals surface area contributed by atoms with Crippen LogP contribution in [0.25, 0.3) is 11.0 Å². The van der Waals surface area contributed by atoms with Gasteiger partial charge in [-0.05, 0) is 50.5 Å². The molecule has 1 aliphatic heterocycles. The normalized spacial score (nSPS) is 16.7. The molecule has 3 aromatic rings. The number of sulfonamides is 1. The third-order valence-electron chi connectivity index (χ3n) is 5.93. The van der Waals surface area contributed by atoms with Crippen LogP contribution >= 0.6 is 0 Å². The van der Waals surface area contributed by atoms with Crippen molar-refractivity contribution in [3.8, 4) is 0 Å². The van der Waals surface area contributed by atoms with Gasteiger partial charge >= 0.3 is 0 Å². The van der Waals surface area contributed by atoms with E-state index in [9.17, 15) is 8.42 Å². The molecule has 0 amide bonds. The second-order valence-electron chi connectivity index (χ2n) is 7.90. The van der Waals surface area contributed by atoms with Crippen molar-refractivity contribution >= 4 is 21.1 Å². The molecule has 2 heterocycles. The molecule has 160 valence electrons. The largest absolute Gasteiger partial charge is 0.327 e. The fraction of sp³-hybridized carbons (Fsp3) is 0.435. The van der Waals surface area contributed by atoms with Crippen LogP contribution in [0.4, 0.5) is 0 Å². The number of rotatable bonds is 7. The molecule has 4 rings (SSSR count). The first-order chi connectivity index (χ1) is 14.5. The van der Waals surface area contributed by atoms with Crippen molar-refractivity contribution in [2.75, 3.05) is 13.1 Å². The highest BCUT2D eigenvalue weighted by Gasteiger charge is 2.26. The molecule has 30 heavy (non-hydrogen) atoms. The minimum atomic E-state index is -3.46. The van der Waals surface area contributed by atoms with E-state index in [0.717, 1.165) is 42.7 Å². The van der Waals surface area contributed by atoms with Crippen LogP contribution in [0.5, 0.6) is 0 Å². The molecule has 2 aromatic carbocycles. The molecule has 0 saturated carbocycles. The van der Waals surface area contributed by atoms with Crippen LogP contribution in [0.2, 0.25) is 0 Å². The van der Waals surface area contributed by atoms with E-state index in [1.165, 1.54) is 5.56 Å². The van der Waals surface area contributed by atoms with Gasteiger partial charge in [0.15, 0.2) is 0 Å². The van der Waals surface area contributed by atoms with Crippen LogP contribution in [0, 0.1) is 0 Å². The number of piperidine rings is 1. The average Bonchev–Trinajstić information content (AvgIpc) is 3.15. The molecule has 0 unspecified atom stereocenters. The summed E-state index contributed by atoms with van der Waals surface area (Å²) in [4.78, 5) is 5.13. The lowest BCUT2D eigenvalue weighted by atomic mass is 10.1. The highest BCUT2D eigenvalue weighted by atomic mass is 32.2. The first kappa shape index (κ1) is 21.0. The molecule has 1 atom stereocenters. The Balaban J connectivity index is 1.59. The molecule has 0 radical (unpaired) electrons. The molecule has 1 N–H and O–H groups in total. The molecule has 1 saturated heterocycles. The fourth-order valence-corrected chi connectivity index (χ4v) is 5.70. The third kappa shape index (κ3) is 4.15. The predicted octanol–water partition coefficient (Wildman–Crippen LogP) is 4.08. The van der Waals surface area contributed by atoms with E-state index in [1.807, 2.05) is 24.3 Å². The molecule has 0 bridgehead atoms. The maximum absolute atomic E-state index is 13.0. The fourth-order valence-electron chi connectivity index (χ4n) is 4.17. The van der Waals surface area contributed by atoms with Crippen LogP contribution in [0.15, 0.2) is 53.4 Å². The summed E-state index contributed by atoms with van der Waals surface area (Å²) < 4.78 is 29.8. The Kier molecular flexibility index (Phi) is 6.22. The molecule has 7 heteroatoms. The zero-order valence-corrected chi connectivity index (χ0v) is 18.5. The van der Waals surface area contributed by atoms with Crippen molar-refractivity contribution in [1.82, 2.24) is 19.2 Å². The number of hydrogen-bond donors (Lipinski definition) is 1. The third-order valence-corrected chi connectivity index (χ3v) is 7.83. The second kappa shape index (κ2) is 8.88. The Labute approximate surface area is 179 Å². The summed E-state index contributed by atoms with van der Waals surface area (Å²) in [5, 5.41) is 3.54. The average molecular weight is 427 g/mol. The van der Waals surface area contributed by atoms with E-state index >= 15 is 0 Å². The van der Waals surface area contributed by atoms with Crippen molar-refractivity contribution in [2.24, 2.45) is 0 Å². The predicted molar refractivity (Wildman–Crippen MR) is 120 cm³/mol. The summed E-state index contributed by atoms with van der Waals surface area (Å²) in [5.74, 6) is 0.919. The molecular weight excluding hydrogens is 396 g/mol. The summed E-state index contributed by atoms with van der Waals surface area (Å²) >= 11 is 0. The number of aryl methyl sites for hydroxylation is 1. The number of imidazole rings is 1. The molecule has 6 nitrogen and oxygen atoms in total. The topological polar surface area (TPSA) is 67.2 Å². The summed E-state index contributed by atoms with van der Waals surface area (Å²) in [5.41, 5.74) is 2.94. The van der Waals surface area contributed by atoms with Crippen molar-refractivity contribution < 1.29 is 8.42 Å². The SMILES string of the molecule is CCn1c(CN[C@@H](C)c2ccccc2)nc2cc(S(=O)(=O)N3CCCCC3)ccc21. The number of hydrogen-bond acceptors (Lipinski definition) is 4. The van der Waals surface area contributed by atoms with Gasteiger partial charge in [0.1, 0.15) is 5.82 Å². The van der Waals surface area contributed by atoms with E-state index in [0.29, 0.717) is 24.5 Å². The van der Waals surface area contributed by atoms with Gasteiger partial charge in [0.25, 0.3) is 0 Å². The smallest absolute Gasteiger partial charge is 0.243 e. The monoisotopic (exact) mass is 426 g/mol. The molecule has 1 aliphatic rings. The van der Waals surface area contributed by atoms with Gasteiger partial charge in [-0.2, -0.15) is 4.31 Å². The van der Waals surface area contributed by atoms with Crippen LogP contribution in [-0.2, 0) is 23.1 Å². The van der Waals surface area contributed by atoms with E-state index < -0.39 is 10.0 Å². The zero-order valence-electron chi connectivity index (χ0n) is 17.7. The highest BCUT2D eigenvalue weighted by molar-refractivity contribution is 7.89. The zero-order chi connectivity index (χ0) is 21.1. The Bertz CT molecular complexity index is 1100. The van der Waals surface area contributed by atoms with Gasteiger partial charge in [-0.1, -0.05) is 36.8 Å². The van der Waals surface area contributed by atoms with Crippen molar-refractivity contribution in [2.45, 2.75) is 57.1 Å². The number of aromatic nitrogens is 2. The lowest BCUT2D eigenvalue weighted by Crippen LogP contribution is -2.35. The summed E-state index contributed by atoms with van der Waals surface area (Å²) in [6.07, 6.45) is 2.96. The van der Waals surface area contributed by atoms with Gasteiger partial charge in [0.05, 0.1) is 22.5 Å². The number of fused-ring (bicyclic) bond motifs is 1. The summed E-state index contributed by atoms with van der Waals surface area (Å²) in [7, 11) is -3.46. The van der Waals surface area contributed by atoms with Gasteiger partial charge in [0.2, 0.25) is 10.0 Å². The summed E-state index contributed by atoms with van der Waals surface area (Å²) in [6, 6.07) is 15.9. The van der Waals surface area contributed by atoms with Crippen LogP contribution in [-0.4, -0.2) is 35.4 Å². The van der Waals surface area contributed by atoms with Crippen molar-refractivity contribution in [3.05, 3.63) is 59.9 Å². The van der Waals surface area contributed by atoms with E-state index in [-0.39, 0.29) is 6.04 Å². The molecule has 1 aromatic heterocycles. The Morgan fingerprint density at radius 1 is 1.07 bits per heavy atom. The van der Waals surface area contributed by atoms with Gasteiger partial charge in [0, 0.05) is 25.7 Å². The van der Waals surface area contributed by atoms with Crippen LogP contribution in [0.3, 0.4) is 0 Å². The van der Waals surface area contributed by atoms with Crippen LogP contribution in [0.1, 0.15) is 50.5 Å². The van der Waals surface area contributed by atoms with Gasteiger partial charge < -0.3 is 9.88 Å². The van der Waals surface area contributed by atoms with Gasteiger partial charge in [-0.25, -0.2) is 13.4 Å². The molecular formula is C23H30N4O2S. The van der Waals surface area contributed by atoms with E-state index in [2.05, 4.69) is 35.9 Å². The lowest BCUT2D eigenvalue weighted by Gasteiger charge is -2.25. The van der Waals surface area contributed by atoms with Crippen molar-refractivity contribution in [3.63, 3.8) is 0 Å². The minimum Gasteiger partial charge on any atom is -0.327 e. The van der Waals surface area contributed by atoms with E-state index in [1.54, 1.807) is 16.4 Å². The Hall–Kier alpha value is -2.22. The second-order valence-corrected chi connectivity index (χ2v) is 9.84. The quantitative estimate of drug-likeness (QED) is 0.618. The maximum Gasteiger partial charge on any atom is 0.243 e. The summed E-state index contributed by atoms with van der Waals surface area (Å²) in [6.45, 7) is 6.84. The Morgan fingerprint density at radius 2 is 1.80 bits per heavy atom. The van der Waals surface area contributed by atoms with E-state index in [4.69, 9.17) is 4.98 Å². The first-order valence-corrected chi connectivity index (χ1v) is 12.2. The number of nitrogens with one attached hydrogen (secondary N) is 1. The maximum atomic E-state index is 13.0. The standard InChI is InChI=1S/C23H30N4O2S/c1-3-27-22-13-12-20(30(28,29)26-14-8-5-9-15-26)16-21(22)25-23(27)17-24-18(2)19-10-6-4-7-11-19/h4,6-7,10-13,16,18,24H,3,5,8-9,14-15,17H2,1-2H3/t18-/m0/s1. The molecule has 0 spiro atoms. The van der Waals surface area contributed by atoms with Gasteiger partial charge in [-0.15, -0.1) is 0 Å². The van der Waals surface area contributed by atoms with Crippen LogP contribution < -0.4 is 5.32 Å². The van der Waals surface area contributed by atoms with Gasteiger partial charge in [-0.3, -0.25) is 0 Å². The number of nitrogens with zero attached hydrogens (tertiary/aromatic N) is 3. The first-order valence-electron chi connectivity index (χ1n) is 10.8. The molecule has 0 aliphatic carbocycles. The van der Waals surface area contributed by atoms with Crippen molar-refractivity contribution in [1.29, 1.82) is 0 Å². The lowest BCUT2D eigenvalue weighted by molar-refractivity contribution is 0.346. The highest BCUT2D eigenvalue weighted by Crippen LogP contribution is 2.25. The Morgan fingerprint density at radius 3 is 2.50 bits per heavy atom.